The summed E-state index contributed by atoms with van der Waals surface area (Å²) in [4.78, 5) is 16.9. The number of anilines is 3. The van der Waals surface area contributed by atoms with Gasteiger partial charge in [-0.25, -0.2) is 0 Å². The first-order chi connectivity index (χ1) is 15.0. The molecule has 0 bridgehead atoms. The summed E-state index contributed by atoms with van der Waals surface area (Å²) in [6.07, 6.45) is 3.61. The van der Waals surface area contributed by atoms with E-state index in [1.54, 1.807) is 18.3 Å². The first-order valence-electron chi connectivity index (χ1n) is 10.2. The number of hydrogen-bond donors (Lipinski definition) is 1. The van der Waals surface area contributed by atoms with E-state index in [0.717, 1.165) is 30.8 Å². The number of aromatic nitrogens is 2. The Hall–Kier alpha value is -3.03. The zero-order chi connectivity index (χ0) is 22.0. The molecule has 1 aliphatic heterocycles. The van der Waals surface area contributed by atoms with Crippen molar-refractivity contribution in [1.82, 2.24) is 9.78 Å². The number of rotatable bonds is 5. The summed E-state index contributed by atoms with van der Waals surface area (Å²) < 4.78 is 6.86. The van der Waals surface area contributed by atoms with E-state index in [-0.39, 0.29) is 22.4 Å². The number of benzene rings is 2. The second kappa shape index (κ2) is 8.99. The molecule has 1 saturated heterocycles. The van der Waals surface area contributed by atoms with Crippen LogP contribution in [0.25, 0.3) is 5.69 Å². The number of aromatic hydroxyl groups is 1. The zero-order valence-electron chi connectivity index (χ0n) is 17.5. The number of hydrogen-bond acceptors (Lipinski definition) is 6. The van der Waals surface area contributed by atoms with E-state index < -0.39 is 0 Å². The summed E-state index contributed by atoms with van der Waals surface area (Å²) >= 11 is 6.45. The fourth-order valence-electron chi connectivity index (χ4n) is 3.72. The lowest BCUT2D eigenvalue weighted by atomic mass is 10.1. The molecule has 4 rings (SSSR count). The minimum Gasteiger partial charge on any atom is -0.508 e. The van der Waals surface area contributed by atoms with Crippen molar-refractivity contribution in [2.75, 3.05) is 37.1 Å². The minimum absolute atomic E-state index is 0.147. The molecule has 1 atom stereocenters. The first-order valence-corrected chi connectivity index (χ1v) is 10.5. The largest absolute Gasteiger partial charge is 0.508 e. The van der Waals surface area contributed by atoms with Gasteiger partial charge in [-0.1, -0.05) is 11.6 Å². The van der Waals surface area contributed by atoms with Gasteiger partial charge < -0.3 is 19.6 Å². The van der Waals surface area contributed by atoms with E-state index in [1.165, 1.54) is 4.68 Å². The van der Waals surface area contributed by atoms with Crippen LogP contribution >= 0.6 is 11.6 Å². The van der Waals surface area contributed by atoms with Gasteiger partial charge in [0, 0.05) is 32.1 Å². The maximum absolute atomic E-state index is 12.9. The van der Waals surface area contributed by atoms with Crippen LogP contribution in [-0.2, 0) is 4.74 Å². The van der Waals surface area contributed by atoms with Crippen LogP contribution in [0.2, 0.25) is 5.02 Å². The predicted octanol–water partition coefficient (Wildman–Crippen LogP) is 3.97. The molecule has 1 aliphatic rings. The Bertz CT molecular complexity index is 1090. The molecular weight excluding hydrogens is 416 g/mol. The highest BCUT2D eigenvalue weighted by Gasteiger charge is 2.22. The minimum atomic E-state index is -0.359. The van der Waals surface area contributed by atoms with E-state index in [2.05, 4.69) is 5.10 Å². The average Bonchev–Trinajstić information content (AvgIpc) is 2.81. The Morgan fingerprint density at radius 3 is 2.35 bits per heavy atom. The molecule has 0 radical (unpaired) electrons. The average molecular weight is 441 g/mol. The molecule has 0 unspecified atom stereocenters. The van der Waals surface area contributed by atoms with Crippen molar-refractivity contribution in [2.45, 2.75) is 18.9 Å². The predicted molar refractivity (Wildman–Crippen MR) is 123 cm³/mol. The van der Waals surface area contributed by atoms with Crippen LogP contribution in [-0.4, -0.2) is 48.2 Å². The normalized spacial score (nSPS) is 16.2. The molecule has 2 aromatic carbocycles. The second-order valence-corrected chi connectivity index (χ2v) is 8.01. The van der Waals surface area contributed by atoms with Gasteiger partial charge in [-0.05, 0) is 61.4 Å². The molecule has 31 heavy (non-hydrogen) atoms. The number of likely N-dealkylation sites (N-methyl/N-ethyl adjacent to an activating group) is 1. The summed E-state index contributed by atoms with van der Waals surface area (Å²) in [6.45, 7) is 1.39. The van der Waals surface area contributed by atoms with Gasteiger partial charge in [0.25, 0.3) is 5.56 Å². The van der Waals surface area contributed by atoms with Gasteiger partial charge >= 0.3 is 0 Å². The van der Waals surface area contributed by atoms with Crippen LogP contribution in [0.15, 0.2) is 59.5 Å². The van der Waals surface area contributed by atoms with Crippen LogP contribution in [0.3, 0.4) is 0 Å². The van der Waals surface area contributed by atoms with E-state index in [1.807, 2.05) is 60.3 Å². The molecule has 162 valence electrons. The van der Waals surface area contributed by atoms with Gasteiger partial charge in [0.1, 0.15) is 10.8 Å². The lowest BCUT2D eigenvalue weighted by Gasteiger charge is -2.32. The zero-order valence-corrected chi connectivity index (χ0v) is 18.3. The molecule has 0 saturated carbocycles. The van der Waals surface area contributed by atoms with E-state index in [4.69, 9.17) is 16.3 Å². The summed E-state index contributed by atoms with van der Waals surface area (Å²) in [5.74, 6) is 0.222. The summed E-state index contributed by atoms with van der Waals surface area (Å²) in [6, 6.07) is 14.6. The van der Waals surface area contributed by atoms with Gasteiger partial charge in [-0.15, -0.1) is 0 Å². The monoisotopic (exact) mass is 440 g/mol. The number of nitrogens with zero attached hydrogens (tertiary/aromatic N) is 4. The van der Waals surface area contributed by atoms with Crippen molar-refractivity contribution >= 4 is 28.7 Å². The van der Waals surface area contributed by atoms with Crippen molar-refractivity contribution in [3.63, 3.8) is 0 Å². The summed E-state index contributed by atoms with van der Waals surface area (Å²) in [7, 11) is 3.85. The Morgan fingerprint density at radius 2 is 1.74 bits per heavy atom. The topological polar surface area (TPSA) is 70.8 Å². The van der Waals surface area contributed by atoms with Crippen molar-refractivity contribution in [3.05, 3.63) is 70.1 Å². The van der Waals surface area contributed by atoms with Gasteiger partial charge in [0.2, 0.25) is 0 Å². The quantitative estimate of drug-likeness (QED) is 0.647. The standard InChI is InChI=1S/C23H25ClN4O3/c1-26(17-9-11-20(29)12-10-17)16-5-7-18(8-6-16)28-23(30)22(24)21(14-25-28)27(2)19-4-3-13-31-15-19/h5-12,14,19,29H,3-4,13,15H2,1-2H3/t19-/m1/s1. The van der Waals surface area contributed by atoms with Crippen molar-refractivity contribution < 1.29 is 9.84 Å². The third-order valence-electron chi connectivity index (χ3n) is 5.68. The number of phenols is 1. The van der Waals surface area contributed by atoms with Gasteiger partial charge in [0.05, 0.1) is 30.2 Å². The first kappa shape index (κ1) is 21.2. The highest BCUT2D eigenvalue weighted by molar-refractivity contribution is 6.33. The SMILES string of the molecule is CN(c1ccc(O)cc1)c1ccc(-n2ncc(N(C)[C@@H]3CCCOC3)c(Cl)c2=O)cc1. The lowest BCUT2D eigenvalue weighted by molar-refractivity contribution is 0.0807. The molecular formula is C23H25ClN4O3. The molecule has 1 fully saturated rings. The van der Waals surface area contributed by atoms with Crippen LogP contribution in [0.4, 0.5) is 17.1 Å². The highest BCUT2D eigenvalue weighted by atomic mass is 35.5. The lowest BCUT2D eigenvalue weighted by Crippen LogP contribution is -2.39. The fraction of sp³-hybridized carbons (Fsp3) is 0.304. The third-order valence-corrected chi connectivity index (χ3v) is 6.04. The molecule has 0 amide bonds. The highest BCUT2D eigenvalue weighted by Crippen LogP contribution is 2.27. The van der Waals surface area contributed by atoms with E-state index >= 15 is 0 Å². The van der Waals surface area contributed by atoms with Crippen LogP contribution in [0.1, 0.15) is 12.8 Å². The molecule has 0 spiro atoms. The molecule has 7 nitrogen and oxygen atoms in total. The second-order valence-electron chi connectivity index (χ2n) is 7.63. The van der Waals surface area contributed by atoms with Crippen LogP contribution in [0, 0.1) is 0 Å². The summed E-state index contributed by atoms with van der Waals surface area (Å²) in [5.41, 5.74) is 2.75. The smallest absolute Gasteiger partial charge is 0.292 e. The van der Waals surface area contributed by atoms with Gasteiger partial charge in [0.15, 0.2) is 0 Å². The number of ether oxygens (including phenoxy) is 1. The van der Waals surface area contributed by atoms with Gasteiger partial charge in [-0.2, -0.15) is 9.78 Å². The molecule has 8 heteroatoms. The van der Waals surface area contributed by atoms with Crippen molar-refractivity contribution in [2.24, 2.45) is 0 Å². The van der Waals surface area contributed by atoms with Crippen molar-refractivity contribution in [1.29, 1.82) is 0 Å². The maximum Gasteiger partial charge on any atom is 0.292 e. The Kier molecular flexibility index (Phi) is 6.15. The summed E-state index contributed by atoms with van der Waals surface area (Å²) in [5, 5.41) is 14.0. The molecule has 1 N–H and O–H groups in total. The maximum atomic E-state index is 12.9. The van der Waals surface area contributed by atoms with E-state index in [0.29, 0.717) is 18.0 Å². The molecule has 1 aromatic heterocycles. The van der Waals surface area contributed by atoms with E-state index in [9.17, 15) is 9.90 Å². The van der Waals surface area contributed by atoms with Gasteiger partial charge in [-0.3, -0.25) is 4.79 Å². The Labute approximate surface area is 186 Å². The molecule has 3 aromatic rings. The van der Waals surface area contributed by atoms with Crippen molar-refractivity contribution in [3.8, 4) is 11.4 Å². The Balaban J connectivity index is 1.57. The number of phenolic OH excluding ortho intramolecular Hbond substituents is 1. The number of halogens is 1. The van der Waals surface area contributed by atoms with Crippen LogP contribution < -0.4 is 15.4 Å². The Morgan fingerprint density at radius 1 is 1.10 bits per heavy atom. The molecule has 0 aliphatic carbocycles. The third kappa shape index (κ3) is 4.38. The molecule has 2 heterocycles. The fourth-order valence-corrected chi connectivity index (χ4v) is 3.98. The van der Waals surface area contributed by atoms with Crippen LogP contribution in [0.5, 0.6) is 5.75 Å².